The third kappa shape index (κ3) is 67.0. The quantitative estimate of drug-likeness (QED) is 0.0222. The Kier molecular flexibility index (Phi) is 62.2. The van der Waals surface area contributed by atoms with Gasteiger partial charge in [-0.2, -0.15) is 0 Å². The van der Waals surface area contributed by atoms with Crippen LogP contribution in [0.2, 0.25) is 0 Å². The lowest BCUT2D eigenvalue weighted by Gasteiger charge is -2.21. The van der Waals surface area contributed by atoms with Crippen molar-refractivity contribution in [1.82, 2.24) is 0 Å². The van der Waals surface area contributed by atoms with Gasteiger partial charge in [0.05, 0.1) is 26.4 Å². The summed E-state index contributed by atoms with van der Waals surface area (Å²) in [5.74, 6) is 0.867. The zero-order valence-corrected chi connectivity index (χ0v) is 62.7. The van der Waals surface area contributed by atoms with Crippen molar-refractivity contribution in [3.05, 3.63) is 0 Å². The fourth-order valence-corrected chi connectivity index (χ4v) is 12.7. The fourth-order valence-electron chi connectivity index (χ4n) is 11.2. The molecule has 0 aromatic carbocycles. The van der Waals surface area contributed by atoms with Crippen LogP contribution in [0.15, 0.2) is 0 Å². The number of carbonyl (C=O) groups is 4. The van der Waals surface area contributed by atoms with Gasteiger partial charge < -0.3 is 33.8 Å². The maximum absolute atomic E-state index is 13.1. The molecule has 0 bridgehead atoms. The van der Waals surface area contributed by atoms with Crippen molar-refractivity contribution in [1.29, 1.82) is 0 Å². The molecule has 19 heteroatoms. The highest BCUT2D eigenvalue weighted by molar-refractivity contribution is 7.47. The second kappa shape index (κ2) is 63.5. The molecule has 552 valence electrons. The summed E-state index contributed by atoms with van der Waals surface area (Å²) in [6.07, 6.45) is 47.5. The molecule has 0 aromatic rings. The third-order valence-corrected chi connectivity index (χ3v) is 19.3. The Morgan fingerprint density at radius 3 is 0.763 bits per heavy atom. The summed E-state index contributed by atoms with van der Waals surface area (Å²) in [5, 5.41) is 10.6. The normalized spacial score (nSPS) is 14.5. The Morgan fingerprint density at radius 1 is 0.301 bits per heavy atom. The Bertz CT molecular complexity index is 1840. The summed E-state index contributed by atoms with van der Waals surface area (Å²) in [6.45, 7) is 14.1. The average molecular weight is 1370 g/mol. The molecule has 0 radical (unpaired) electrons. The first-order valence-corrected chi connectivity index (χ1v) is 41.2. The van der Waals surface area contributed by atoms with E-state index in [9.17, 15) is 43.2 Å². The van der Waals surface area contributed by atoms with Crippen LogP contribution in [0.25, 0.3) is 0 Å². The topological polar surface area (TPSA) is 237 Å². The lowest BCUT2D eigenvalue weighted by Crippen LogP contribution is -2.30. The zero-order chi connectivity index (χ0) is 68.9. The van der Waals surface area contributed by atoms with Crippen LogP contribution in [-0.4, -0.2) is 96.7 Å². The van der Waals surface area contributed by atoms with Crippen molar-refractivity contribution in [2.24, 2.45) is 23.7 Å². The van der Waals surface area contributed by atoms with E-state index in [0.29, 0.717) is 31.6 Å². The van der Waals surface area contributed by atoms with Crippen LogP contribution in [0, 0.1) is 23.7 Å². The molecule has 0 aliphatic rings. The molecule has 6 atom stereocenters. The molecular formula is C74H144O17P2. The first-order chi connectivity index (χ1) is 44.6. The van der Waals surface area contributed by atoms with Crippen molar-refractivity contribution in [2.75, 3.05) is 39.6 Å². The molecular weight excluding hydrogens is 1220 g/mol. The molecule has 93 heavy (non-hydrogen) atoms. The number of carbonyl (C=O) groups excluding carboxylic acids is 4. The van der Waals surface area contributed by atoms with Crippen LogP contribution in [0.5, 0.6) is 0 Å². The van der Waals surface area contributed by atoms with E-state index >= 15 is 0 Å². The van der Waals surface area contributed by atoms with Gasteiger partial charge in [-0.15, -0.1) is 0 Å². The molecule has 0 spiro atoms. The highest BCUT2D eigenvalue weighted by atomic mass is 31.2. The molecule has 0 fully saturated rings. The van der Waals surface area contributed by atoms with Gasteiger partial charge in [-0.1, -0.05) is 319 Å². The van der Waals surface area contributed by atoms with Crippen molar-refractivity contribution in [3.8, 4) is 0 Å². The summed E-state index contributed by atoms with van der Waals surface area (Å²) in [5.41, 5.74) is 0. The lowest BCUT2D eigenvalue weighted by molar-refractivity contribution is -0.161. The largest absolute Gasteiger partial charge is 0.472 e. The monoisotopic (exact) mass is 1370 g/mol. The minimum Gasteiger partial charge on any atom is -0.462 e. The van der Waals surface area contributed by atoms with Crippen LogP contribution in [0.4, 0.5) is 0 Å². The Balaban J connectivity index is 5.19. The molecule has 3 N–H and O–H groups in total. The lowest BCUT2D eigenvalue weighted by atomic mass is 9.99. The van der Waals surface area contributed by atoms with E-state index < -0.39 is 97.5 Å². The number of phosphoric acid groups is 2. The second-order valence-corrected chi connectivity index (χ2v) is 31.3. The second-order valence-electron chi connectivity index (χ2n) is 28.4. The zero-order valence-electron chi connectivity index (χ0n) is 60.9. The first kappa shape index (κ1) is 91.1. The van der Waals surface area contributed by atoms with Gasteiger partial charge in [0.25, 0.3) is 0 Å². The number of esters is 4. The molecule has 3 unspecified atom stereocenters. The number of rotatable bonds is 71. The smallest absolute Gasteiger partial charge is 0.462 e. The summed E-state index contributed by atoms with van der Waals surface area (Å²) >= 11 is 0. The minimum absolute atomic E-state index is 0.103. The van der Waals surface area contributed by atoms with E-state index in [4.69, 9.17) is 37.0 Å². The SMILES string of the molecule is CCC(C)CCCCCCCCCCC(=O)OC[C@H](COP(=O)(O)OC[C@@H](O)COP(=O)(O)OC[C@@H](COC(=O)CCCCCCCCC(C)C)OC(=O)CCCCCCCCCCC(C)C)OC(=O)CCCCCCCCCCCCCCCCCCCCC(C)C. The van der Waals surface area contributed by atoms with Gasteiger partial charge in [0.15, 0.2) is 12.2 Å². The van der Waals surface area contributed by atoms with Crippen LogP contribution in [0.3, 0.4) is 0 Å². The van der Waals surface area contributed by atoms with Gasteiger partial charge >= 0.3 is 39.5 Å². The molecule has 0 amide bonds. The maximum Gasteiger partial charge on any atom is 0.472 e. The van der Waals surface area contributed by atoms with E-state index in [0.717, 1.165) is 114 Å². The van der Waals surface area contributed by atoms with E-state index in [1.807, 2.05) is 0 Å². The van der Waals surface area contributed by atoms with E-state index in [2.05, 4.69) is 55.4 Å². The molecule has 0 heterocycles. The van der Waals surface area contributed by atoms with Gasteiger partial charge in [0.2, 0.25) is 0 Å². The van der Waals surface area contributed by atoms with Gasteiger partial charge in [0, 0.05) is 25.7 Å². The summed E-state index contributed by atoms with van der Waals surface area (Å²) in [4.78, 5) is 72.6. The molecule has 0 saturated heterocycles. The number of aliphatic hydroxyl groups excluding tert-OH is 1. The predicted octanol–water partition coefficient (Wildman–Crippen LogP) is 21.3. The molecule has 0 rings (SSSR count). The molecule has 0 saturated carbocycles. The highest BCUT2D eigenvalue weighted by Gasteiger charge is 2.30. The van der Waals surface area contributed by atoms with Crippen molar-refractivity contribution < 1.29 is 80.2 Å². The predicted molar refractivity (Wildman–Crippen MR) is 377 cm³/mol. The van der Waals surface area contributed by atoms with Crippen LogP contribution in [0.1, 0.15) is 370 Å². The average Bonchev–Trinajstić information content (AvgIpc) is 2.33. The van der Waals surface area contributed by atoms with Crippen molar-refractivity contribution >= 4 is 39.5 Å². The summed E-state index contributed by atoms with van der Waals surface area (Å²) in [6, 6.07) is 0. The number of ether oxygens (including phenoxy) is 4. The Hall–Kier alpha value is -1.94. The Morgan fingerprint density at radius 2 is 0.516 bits per heavy atom. The van der Waals surface area contributed by atoms with Gasteiger partial charge in [-0.05, 0) is 49.4 Å². The van der Waals surface area contributed by atoms with Gasteiger partial charge in [0.1, 0.15) is 19.3 Å². The Labute approximate surface area is 568 Å². The maximum atomic E-state index is 13.1. The number of hydrogen-bond donors (Lipinski definition) is 3. The van der Waals surface area contributed by atoms with E-state index in [1.165, 1.54) is 167 Å². The van der Waals surface area contributed by atoms with E-state index in [1.54, 1.807) is 0 Å². The number of phosphoric ester groups is 2. The van der Waals surface area contributed by atoms with Gasteiger partial charge in [-0.3, -0.25) is 37.3 Å². The molecule has 17 nitrogen and oxygen atoms in total. The molecule has 0 aromatic heterocycles. The number of unbranched alkanes of at least 4 members (excludes halogenated alkanes) is 36. The van der Waals surface area contributed by atoms with Crippen LogP contribution < -0.4 is 0 Å². The third-order valence-electron chi connectivity index (χ3n) is 17.4. The summed E-state index contributed by atoms with van der Waals surface area (Å²) in [7, 11) is -9.91. The number of hydrogen-bond acceptors (Lipinski definition) is 15. The summed E-state index contributed by atoms with van der Waals surface area (Å²) < 4.78 is 68.4. The molecule has 0 aliphatic heterocycles. The highest BCUT2D eigenvalue weighted by Crippen LogP contribution is 2.45. The van der Waals surface area contributed by atoms with Crippen LogP contribution >= 0.6 is 15.6 Å². The molecule has 0 aliphatic carbocycles. The fraction of sp³-hybridized carbons (Fsp3) is 0.946. The van der Waals surface area contributed by atoms with Crippen molar-refractivity contribution in [2.45, 2.75) is 388 Å². The number of aliphatic hydroxyl groups is 1. The first-order valence-electron chi connectivity index (χ1n) is 38.2. The standard InChI is InChI=1S/C74H144O17P2/c1-9-67(8)53-45-37-28-23-25-29-38-46-54-71(76)84-60-69(90-73(78)56-48-40-30-21-19-17-15-13-11-10-12-14-16-18-20-26-34-42-50-64(2)3)62-88-92(80,81)86-58-68(75)59-87-93(82,83)89-63-70(61-85-72(77)55-47-39-33-32-36-44-52-66(6)7)91-74(79)57-49-41-31-24-22-27-35-43-51-65(4)5/h64-70,75H,9-63H2,1-8H3,(H,80,81)(H,82,83)/t67?,68-,69-,70-/m1/s1. The van der Waals surface area contributed by atoms with Gasteiger partial charge in [-0.25, -0.2) is 9.13 Å². The van der Waals surface area contributed by atoms with Crippen molar-refractivity contribution in [3.63, 3.8) is 0 Å². The van der Waals surface area contributed by atoms with Crippen LogP contribution in [-0.2, 0) is 65.4 Å². The van der Waals surface area contributed by atoms with E-state index in [-0.39, 0.29) is 25.7 Å². The minimum atomic E-state index is -4.96.